The lowest BCUT2D eigenvalue weighted by molar-refractivity contribution is 0.168. The molecule has 1 N–H and O–H groups in total. The van der Waals surface area contributed by atoms with Gasteiger partial charge in [0.2, 0.25) is 0 Å². The number of aryl methyl sites for hydroxylation is 1. The van der Waals surface area contributed by atoms with Crippen LogP contribution in [-0.4, -0.2) is 11.2 Å². The maximum atomic E-state index is 9.38. The molecule has 0 aliphatic heterocycles. The molecule has 0 bridgehead atoms. The number of thiophene rings is 1. The van der Waals surface area contributed by atoms with Gasteiger partial charge in [-0.2, -0.15) is 11.3 Å². The molecule has 1 atom stereocenters. The Morgan fingerprint density at radius 2 is 2.50 bits per heavy atom. The van der Waals surface area contributed by atoms with Crippen LogP contribution in [0.15, 0.2) is 29.5 Å². The fraction of sp³-hybridized carbons (Fsp3) is 0.400. The molecule has 66 valence electrons. The molecule has 1 aromatic heterocycles. The molecule has 0 radical (unpaired) electrons. The minimum atomic E-state index is -0.220. The molecule has 0 amide bonds. The van der Waals surface area contributed by atoms with E-state index in [4.69, 9.17) is 0 Å². The van der Waals surface area contributed by atoms with Gasteiger partial charge in [-0.25, -0.2) is 0 Å². The second-order valence-corrected chi connectivity index (χ2v) is 3.63. The third-order valence-corrected chi connectivity index (χ3v) is 2.52. The quantitative estimate of drug-likeness (QED) is 0.694. The molecule has 2 heteroatoms. The first-order valence-corrected chi connectivity index (χ1v) is 5.07. The monoisotopic (exact) mass is 182 g/mol. The lowest BCUT2D eigenvalue weighted by atomic mass is 10.1. The van der Waals surface area contributed by atoms with Crippen molar-refractivity contribution in [3.63, 3.8) is 0 Å². The van der Waals surface area contributed by atoms with E-state index in [9.17, 15) is 5.11 Å². The fourth-order valence-electron chi connectivity index (χ4n) is 1.08. The average Bonchev–Trinajstić information content (AvgIpc) is 2.53. The van der Waals surface area contributed by atoms with Crippen LogP contribution in [0.2, 0.25) is 0 Å². The predicted molar refractivity (Wildman–Crippen MR) is 53.5 cm³/mol. The second kappa shape index (κ2) is 5.12. The molecule has 0 spiro atoms. The Labute approximate surface area is 77.4 Å². The molecule has 1 unspecified atom stereocenters. The van der Waals surface area contributed by atoms with Crippen LogP contribution < -0.4 is 0 Å². The first-order valence-electron chi connectivity index (χ1n) is 4.13. The van der Waals surface area contributed by atoms with Crippen molar-refractivity contribution < 1.29 is 5.11 Å². The van der Waals surface area contributed by atoms with Crippen LogP contribution in [0.4, 0.5) is 0 Å². The summed E-state index contributed by atoms with van der Waals surface area (Å²) < 4.78 is 0. The highest BCUT2D eigenvalue weighted by Crippen LogP contribution is 2.10. The Bertz CT molecular complexity index is 216. The van der Waals surface area contributed by atoms with Gasteiger partial charge in [-0.05, 0) is 41.7 Å². The van der Waals surface area contributed by atoms with E-state index in [1.54, 1.807) is 17.4 Å². The number of aliphatic hydroxyl groups is 1. The molecule has 12 heavy (non-hydrogen) atoms. The zero-order valence-corrected chi connectivity index (χ0v) is 7.89. The molecule has 1 nitrogen and oxygen atoms in total. The predicted octanol–water partition coefficient (Wildman–Crippen LogP) is 2.62. The molecular weight excluding hydrogens is 168 g/mol. The maximum absolute atomic E-state index is 9.38. The van der Waals surface area contributed by atoms with Crippen molar-refractivity contribution in [2.45, 2.75) is 25.4 Å². The van der Waals surface area contributed by atoms with E-state index in [2.05, 4.69) is 23.4 Å². The van der Waals surface area contributed by atoms with Crippen molar-refractivity contribution in [2.24, 2.45) is 0 Å². The number of hydrogen-bond donors (Lipinski definition) is 1. The third kappa shape index (κ3) is 3.20. The van der Waals surface area contributed by atoms with E-state index in [0.29, 0.717) is 6.42 Å². The fourth-order valence-corrected chi connectivity index (χ4v) is 1.78. The molecule has 0 fully saturated rings. The maximum Gasteiger partial charge on any atom is 0.0577 e. The van der Waals surface area contributed by atoms with Gasteiger partial charge in [-0.15, -0.1) is 6.58 Å². The number of aliphatic hydroxyl groups excluding tert-OH is 1. The Balaban J connectivity index is 2.21. The topological polar surface area (TPSA) is 20.2 Å². The Morgan fingerprint density at radius 1 is 1.67 bits per heavy atom. The zero-order chi connectivity index (χ0) is 8.81. The van der Waals surface area contributed by atoms with Gasteiger partial charge in [0.1, 0.15) is 0 Å². The minimum absolute atomic E-state index is 0.220. The first-order chi connectivity index (χ1) is 5.83. The summed E-state index contributed by atoms with van der Waals surface area (Å²) in [4.78, 5) is 0. The van der Waals surface area contributed by atoms with Gasteiger partial charge < -0.3 is 5.11 Å². The minimum Gasteiger partial charge on any atom is -0.393 e. The molecular formula is C10H14OS. The van der Waals surface area contributed by atoms with Crippen molar-refractivity contribution in [2.75, 3.05) is 0 Å². The van der Waals surface area contributed by atoms with Crippen molar-refractivity contribution in [1.82, 2.24) is 0 Å². The number of hydrogen-bond acceptors (Lipinski definition) is 2. The summed E-state index contributed by atoms with van der Waals surface area (Å²) in [6, 6.07) is 2.10. The standard InChI is InChI=1S/C10H14OS/c1-2-3-10(11)5-4-9-6-7-12-8-9/h2,6-8,10-11H,1,3-5H2. The summed E-state index contributed by atoms with van der Waals surface area (Å²) in [5.74, 6) is 0. The van der Waals surface area contributed by atoms with Crippen LogP contribution in [0.5, 0.6) is 0 Å². The SMILES string of the molecule is C=CCC(O)CCc1ccsc1. The molecule has 0 aliphatic rings. The average molecular weight is 182 g/mol. The summed E-state index contributed by atoms with van der Waals surface area (Å²) in [5.41, 5.74) is 1.32. The van der Waals surface area contributed by atoms with Crippen molar-refractivity contribution in [3.05, 3.63) is 35.0 Å². The highest BCUT2D eigenvalue weighted by Gasteiger charge is 2.01. The summed E-state index contributed by atoms with van der Waals surface area (Å²) in [6.07, 6.45) is 4.05. The molecule has 0 aromatic carbocycles. The molecule has 0 saturated carbocycles. The Morgan fingerprint density at radius 3 is 3.08 bits per heavy atom. The van der Waals surface area contributed by atoms with E-state index < -0.39 is 0 Å². The molecule has 1 rings (SSSR count). The van der Waals surface area contributed by atoms with Crippen LogP contribution in [0.3, 0.4) is 0 Å². The van der Waals surface area contributed by atoms with Gasteiger partial charge >= 0.3 is 0 Å². The first kappa shape index (κ1) is 9.49. The van der Waals surface area contributed by atoms with Gasteiger partial charge in [0, 0.05) is 0 Å². The normalized spacial score (nSPS) is 12.8. The van der Waals surface area contributed by atoms with Gasteiger partial charge in [-0.3, -0.25) is 0 Å². The number of rotatable bonds is 5. The third-order valence-electron chi connectivity index (χ3n) is 1.79. The zero-order valence-electron chi connectivity index (χ0n) is 7.07. The van der Waals surface area contributed by atoms with Crippen LogP contribution in [-0.2, 0) is 6.42 Å². The van der Waals surface area contributed by atoms with Crippen molar-refractivity contribution in [1.29, 1.82) is 0 Å². The van der Waals surface area contributed by atoms with E-state index in [0.717, 1.165) is 12.8 Å². The van der Waals surface area contributed by atoms with Gasteiger partial charge in [0.25, 0.3) is 0 Å². The smallest absolute Gasteiger partial charge is 0.0577 e. The van der Waals surface area contributed by atoms with Crippen LogP contribution >= 0.6 is 11.3 Å². The molecule has 0 saturated heterocycles. The lowest BCUT2D eigenvalue weighted by Crippen LogP contribution is -2.05. The van der Waals surface area contributed by atoms with Gasteiger partial charge in [-0.1, -0.05) is 6.08 Å². The van der Waals surface area contributed by atoms with Gasteiger partial charge in [0.15, 0.2) is 0 Å². The van der Waals surface area contributed by atoms with Gasteiger partial charge in [0.05, 0.1) is 6.10 Å². The summed E-state index contributed by atoms with van der Waals surface area (Å²) >= 11 is 1.70. The summed E-state index contributed by atoms with van der Waals surface area (Å²) in [6.45, 7) is 3.59. The van der Waals surface area contributed by atoms with Crippen molar-refractivity contribution >= 4 is 11.3 Å². The largest absolute Gasteiger partial charge is 0.393 e. The molecule has 0 aliphatic carbocycles. The molecule has 1 heterocycles. The molecule has 1 aromatic rings. The second-order valence-electron chi connectivity index (χ2n) is 2.85. The van der Waals surface area contributed by atoms with Crippen LogP contribution in [0, 0.1) is 0 Å². The Kier molecular flexibility index (Phi) is 4.05. The van der Waals surface area contributed by atoms with Crippen LogP contribution in [0.1, 0.15) is 18.4 Å². The summed E-state index contributed by atoms with van der Waals surface area (Å²) in [5, 5.41) is 13.6. The van der Waals surface area contributed by atoms with Crippen molar-refractivity contribution in [3.8, 4) is 0 Å². The van der Waals surface area contributed by atoms with Crippen LogP contribution in [0.25, 0.3) is 0 Å². The Hall–Kier alpha value is -0.600. The highest BCUT2D eigenvalue weighted by molar-refractivity contribution is 7.07. The van der Waals surface area contributed by atoms with E-state index in [1.165, 1.54) is 5.56 Å². The summed E-state index contributed by atoms with van der Waals surface area (Å²) in [7, 11) is 0. The van der Waals surface area contributed by atoms with E-state index >= 15 is 0 Å². The highest BCUT2D eigenvalue weighted by atomic mass is 32.1. The lowest BCUT2D eigenvalue weighted by Gasteiger charge is -2.05. The van der Waals surface area contributed by atoms with E-state index in [-0.39, 0.29) is 6.10 Å². The van der Waals surface area contributed by atoms with E-state index in [1.807, 2.05) is 0 Å².